The van der Waals surface area contributed by atoms with Crippen molar-refractivity contribution in [2.75, 3.05) is 6.79 Å². The van der Waals surface area contributed by atoms with Crippen molar-refractivity contribution < 1.29 is 23.0 Å². The highest BCUT2D eigenvalue weighted by Gasteiger charge is 2.27. The maximum absolute atomic E-state index is 13.2. The van der Waals surface area contributed by atoms with E-state index in [-0.39, 0.29) is 18.3 Å². The first-order chi connectivity index (χ1) is 7.15. The second-order valence-electron chi connectivity index (χ2n) is 2.73. The van der Waals surface area contributed by atoms with Gasteiger partial charge in [0.2, 0.25) is 18.4 Å². The lowest BCUT2D eigenvalue weighted by Crippen LogP contribution is -2.02. The van der Waals surface area contributed by atoms with Crippen molar-refractivity contribution in [2.45, 2.75) is 0 Å². The molecular formula is C9H3F2NO3. The number of ether oxygens (including phenoxy) is 2. The van der Waals surface area contributed by atoms with E-state index in [4.69, 9.17) is 10.00 Å². The molecule has 0 atom stereocenters. The third-order valence-corrected chi connectivity index (χ3v) is 1.89. The fourth-order valence-corrected chi connectivity index (χ4v) is 1.21. The van der Waals surface area contributed by atoms with Gasteiger partial charge in [-0.05, 0) is 6.07 Å². The first-order valence-corrected chi connectivity index (χ1v) is 3.87. The van der Waals surface area contributed by atoms with Crippen LogP contribution >= 0.6 is 0 Å². The number of ketones is 1. The molecule has 0 saturated heterocycles. The number of carbonyl (C=O) groups excluding carboxylic acids is 1. The van der Waals surface area contributed by atoms with Gasteiger partial charge in [-0.1, -0.05) is 0 Å². The highest BCUT2D eigenvalue weighted by molar-refractivity contribution is 6.08. The van der Waals surface area contributed by atoms with Gasteiger partial charge in [-0.15, -0.1) is 0 Å². The van der Waals surface area contributed by atoms with Crippen LogP contribution in [0.2, 0.25) is 0 Å². The zero-order chi connectivity index (χ0) is 11.0. The standard InChI is InChI=1S/C9H3F2NO3/c10-7-4(5(13)2-12)1-6-9(8(7)11)15-3-14-6/h1H,3H2. The number of fused-ring (bicyclic) bond motifs is 1. The van der Waals surface area contributed by atoms with Gasteiger partial charge in [0, 0.05) is 0 Å². The van der Waals surface area contributed by atoms with Crippen molar-refractivity contribution in [1.29, 1.82) is 5.26 Å². The van der Waals surface area contributed by atoms with Crippen LogP contribution < -0.4 is 9.47 Å². The molecule has 0 aromatic heterocycles. The molecule has 1 heterocycles. The Morgan fingerprint density at radius 2 is 2.13 bits per heavy atom. The largest absolute Gasteiger partial charge is 0.453 e. The monoisotopic (exact) mass is 211 g/mol. The SMILES string of the molecule is N#CC(=O)c1cc2c(c(F)c1F)OCO2. The van der Waals surface area contributed by atoms with E-state index in [0.717, 1.165) is 6.07 Å². The first kappa shape index (κ1) is 9.40. The van der Waals surface area contributed by atoms with Gasteiger partial charge >= 0.3 is 0 Å². The van der Waals surface area contributed by atoms with E-state index >= 15 is 0 Å². The number of hydrogen-bond donors (Lipinski definition) is 0. The third kappa shape index (κ3) is 1.29. The summed E-state index contributed by atoms with van der Waals surface area (Å²) >= 11 is 0. The lowest BCUT2D eigenvalue weighted by atomic mass is 10.1. The Bertz CT molecular complexity index is 493. The van der Waals surface area contributed by atoms with Crippen molar-refractivity contribution in [3.8, 4) is 17.6 Å². The van der Waals surface area contributed by atoms with Crippen molar-refractivity contribution in [2.24, 2.45) is 0 Å². The smallest absolute Gasteiger partial charge is 0.265 e. The summed E-state index contributed by atoms with van der Waals surface area (Å²) < 4.78 is 35.9. The van der Waals surface area contributed by atoms with Gasteiger partial charge in [-0.3, -0.25) is 4.79 Å². The van der Waals surface area contributed by atoms with Gasteiger partial charge < -0.3 is 9.47 Å². The predicted molar refractivity (Wildman–Crippen MR) is 42.4 cm³/mol. The summed E-state index contributed by atoms with van der Waals surface area (Å²) in [6.07, 6.45) is 0. The molecule has 0 fully saturated rings. The molecule has 2 rings (SSSR count). The quantitative estimate of drug-likeness (QED) is 0.520. The van der Waals surface area contributed by atoms with Gasteiger partial charge in [0.1, 0.15) is 6.07 Å². The molecule has 76 valence electrons. The summed E-state index contributed by atoms with van der Waals surface area (Å²) in [4.78, 5) is 10.9. The van der Waals surface area contributed by atoms with Crippen LogP contribution in [0.5, 0.6) is 11.5 Å². The van der Waals surface area contributed by atoms with E-state index in [9.17, 15) is 13.6 Å². The maximum atomic E-state index is 13.2. The Labute approximate surface area is 82.6 Å². The third-order valence-electron chi connectivity index (χ3n) is 1.89. The van der Waals surface area contributed by atoms with E-state index in [0.29, 0.717) is 0 Å². The molecule has 1 aromatic carbocycles. The molecule has 0 N–H and O–H groups in total. The first-order valence-electron chi connectivity index (χ1n) is 3.87. The van der Waals surface area contributed by atoms with Crippen LogP contribution in [-0.4, -0.2) is 12.6 Å². The van der Waals surface area contributed by atoms with Crippen LogP contribution in [0.4, 0.5) is 8.78 Å². The molecule has 0 amide bonds. The molecule has 1 aliphatic heterocycles. The van der Waals surface area contributed by atoms with Crippen LogP contribution in [0.25, 0.3) is 0 Å². The second-order valence-corrected chi connectivity index (χ2v) is 2.73. The normalized spacial score (nSPS) is 12.3. The molecule has 0 radical (unpaired) electrons. The minimum absolute atomic E-state index is 0.0764. The Balaban J connectivity index is 2.65. The maximum Gasteiger partial charge on any atom is 0.265 e. The van der Waals surface area contributed by atoms with Crippen LogP contribution in [-0.2, 0) is 0 Å². The topological polar surface area (TPSA) is 59.3 Å². The molecule has 0 aliphatic carbocycles. The van der Waals surface area contributed by atoms with E-state index < -0.39 is 23.0 Å². The Morgan fingerprint density at radius 1 is 1.40 bits per heavy atom. The molecule has 1 aliphatic rings. The summed E-state index contributed by atoms with van der Waals surface area (Å²) in [6, 6.07) is 2.15. The van der Waals surface area contributed by atoms with Crippen molar-refractivity contribution in [3.63, 3.8) is 0 Å². The van der Waals surface area contributed by atoms with E-state index in [2.05, 4.69) is 4.74 Å². The fraction of sp³-hybridized carbons (Fsp3) is 0.111. The van der Waals surface area contributed by atoms with Gasteiger partial charge in [0.25, 0.3) is 5.78 Å². The molecule has 1 aromatic rings. The number of benzene rings is 1. The summed E-state index contributed by atoms with van der Waals surface area (Å²) in [5.41, 5.74) is -0.653. The molecule has 15 heavy (non-hydrogen) atoms. The van der Waals surface area contributed by atoms with E-state index in [1.54, 1.807) is 0 Å². The predicted octanol–water partition coefficient (Wildman–Crippen LogP) is 1.40. The van der Waals surface area contributed by atoms with Crippen LogP contribution in [0, 0.1) is 23.0 Å². The van der Waals surface area contributed by atoms with Gasteiger partial charge in [-0.25, -0.2) is 4.39 Å². The minimum atomic E-state index is -1.40. The summed E-state index contributed by atoms with van der Waals surface area (Å²) in [6.45, 7) is -0.240. The van der Waals surface area contributed by atoms with Crippen molar-refractivity contribution in [1.82, 2.24) is 0 Å². The van der Waals surface area contributed by atoms with Gasteiger partial charge in [0.05, 0.1) is 5.56 Å². The van der Waals surface area contributed by atoms with Crippen molar-refractivity contribution >= 4 is 5.78 Å². The molecule has 0 spiro atoms. The molecule has 0 saturated carbocycles. The minimum Gasteiger partial charge on any atom is -0.453 e. The highest BCUT2D eigenvalue weighted by atomic mass is 19.2. The number of nitriles is 1. The molecule has 0 bridgehead atoms. The van der Waals surface area contributed by atoms with E-state index in [1.165, 1.54) is 6.07 Å². The van der Waals surface area contributed by atoms with Crippen LogP contribution in [0.1, 0.15) is 10.4 Å². The number of carbonyl (C=O) groups is 1. The molecule has 0 unspecified atom stereocenters. The number of nitrogens with zero attached hydrogens (tertiary/aromatic N) is 1. The van der Waals surface area contributed by atoms with Crippen LogP contribution in [0.15, 0.2) is 6.07 Å². The van der Waals surface area contributed by atoms with Gasteiger partial charge in [0.15, 0.2) is 11.6 Å². The Kier molecular flexibility index (Phi) is 2.01. The summed E-state index contributed by atoms with van der Waals surface area (Å²) in [7, 11) is 0. The molecule has 6 heteroatoms. The average Bonchev–Trinajstić information content (AvgIpc) is 2.70. The second kappa shape index (κ2) is 3.20. The van der Waals surface area contributed by atoms with Crippen LogP contribution in [0.3, 0.4) is 0 Å². The number of rotatable bonds is 1. The molecule has 4 nitrogen and oxygen atoms in total. The zero-order valence-corrected chi connectivity index (χ0v) is 7.21. The Hall–Kier alpha value is -2.16. The van der Waals surface area contributed by atoms with Gasteiger partial charge in [-0.2, -0.15) is 9.65 Å². The van der Waals surface area contributed by atoms with Crippen molar-refractivity contribution in [3.05, 3.63) is 23.3 Å². The zero-order valence-electron chi connectivity index (χ0n) is 7.21. The lowest BCUT2D eigenvalue weighted by Gasteiger charge is -2.02. The lowest BCUT2D eigenvalue weighted by molar-refractivity contribution is 0.104. The average molecular weight is 211 g/mol. The number of Topliss-reactive ketones (excluding diaryl/α,β-unsaturated/α-hetero) is 1. The number of hydrogen-bond acceptors (Lipinski definition) is 4. The van der Waals surface area contributed by atoms with E-state index in [1.807, 2.05) is 0 Å². The summed E-state index contributed by atoms with van der Waals surface area (Å²) in [5, 5.41) is 8.29. The highest BCUT2D eigenvalue weighted by Crippen LogP contribution is 2.37. The fourth-order valence-electron chi connectivity index (χ4n) is 1.21. The number of halogens is 2. The molecular weight excluding hydrogens is 208 g/mol. The summed E-state index contributed by atoms with van der Waals surface area (Å²) in [5.74, 6) is -4.33. The Morgan fingerprint density at radius 3 is 2.80 bits per heavy atom.